The maximum atomic E-state index is 13.7. The van der Waals surface area contributed by atoms with E-state index in [1.807, 2.05) is 43.7 Å². The van der Waals surface area contributed by atoms with Crippen LogP contribution in [0.3, 0.4) is 0 Å². The summed E-state index contributed by atoms with van der Waals surface area (Å²) in [4.78, 5) is 30.6. The van der Waals surface area contributed by atoms with Gasteiger partial charge in [-0.25, -0.2) is 9.48 Å². The molecule has 5 rings (SSSR count). The molecule has 2 fully saturated rings. The minimum atomic E-state index is -0.527. The number of aryl methyl sites for hydroxylation is 1. The van der Waals surface area contributed by atoms with Crippen molar-refractivity contribution in [2.45, 2.75) is 77.5 Å². The summed E-state index contributed by atoms with van der Waals surface area (Å²) in [5.74, 6) is 0.0420. The molecular formula is C33H43N5O3. The van der Waals surface area contributed by atoms with Crippen LogP contribution in [0.4, 0.5) is 4.79 Å². The van der Waals surface area contributed by atoms with Gasteiger partial charge >= 0.3 is 6.09 Å². The number of likely N-dealkylation sites (tertiary alicyclic amines) is 2. The molecule has 8 heteroatoms. The Morgan fingerprint density at radius 1 is 0.927 bits per heavy atom. The van der Waals surface area contributed by atoms with Crippen LogP contribution in [-0.2, 0) is 11.3 Å². The van der Waals surface area contributed by atoms with E-state index < -0.39 is 5.60 Å². The van der Waals surface area contributed by atoms with Gasteiger partial charge < -0.3 is 15.0 Å². The second kappa shape index (κ2) is 12.5. The number of hydrogen-bond acceptors (Lipinski definition) is 5. The van der Waals surface area contributed by atoms with E-state index in [-0.39, 0.29) is 24.0 Å². The van der Waals surface area contributed by atoms with Crippen molar-refractivity contribution in [1.29, 1.82) is 0 Å². The fourth-order valence-electron chi connectivity index (χ4n) is 5.82. The Morgan fingerprint density at radius 3 is 2.22 bits per heavy atom. The molecule has 3 aromatic rings. The predicted octanol–water partition coefficient (Wildman–Crippen LogP) is 5.69. The molecular weight excluding hydrogens is 514 g/mol. The third-order valence-electron chi connectivity index (χ3n) is 8.03. The van der Waals surface area contributed by atoms with Crippen molar-refractivity contribution < 1.29 is 14.3 Å². The molecule has 2 aliphatic rings. The van der Waals surface area contributed by atoms with Gasteiger partial charge in [0.1, 0.15) is 5.60 Å². The number of benzene rings is 2. The average molecular weight is 558 g/mol. The SMILES string of the molecule is Cc1ccc(-n2ncc(C(=O)NC3CCN(Cc4ccccc4)CC3)c2C2CCN(C(=O)OC(C)(C)C)CC2)cc1. The van der Waals surface area contributed by atoms with Crippen LogP contribution in [0.25, 0.3) is 5.69 Å². The van der Waals surface area contributed by atoms with Gasteiger partial charge in [0.15, 0.2) is 0 Å². The van der Waals surface area contributed by atoms with Crippen molar-refractivity contribution in [1.82, 2.24) is 24.9 Å². The first-order valence-corrected chi connectivity index (χ1v) is 14.9. The van der Waals surface area contributed by atoms with Gasteiger partial charge in [0.25, 0.3) is 5.91 Å². The summed E-state index contributed by atoms with van der Waals surface area (Å²) >= 11 is 0. The number of amides is 2. The van der Waals surface area contributed by atoms with E-state index in [2.05, 4.69) is 53.5 Å². The molecule has 2 aromatic carbocycles. The van der Waals surface area contributed by atoms with Crippen LogP contribution in [-0.4, -0.2) is 69.4 Å². The first kappa shape index (κ1) is 28.9. The van der Waals surface area contributed by atoms with Crippen LogP contribution in [0.2, 0.25) is 0 Å². The van der Waals surface area contributed by atoms with Gasteiger partial charge in [0, 0.05) is 44.7 Å². The molecule has 0 atom stereocenters. The third kappa shape index (κ3) is 7.36. The molecule has 0 bridgehead atoms. The minimum Gasteiger partial charge on any atom is -0.444 e. The molecule has 3 heterocycles. The topological polar surface area (TPSA) is 79.7 Å². The number of carbonyl (C=O) groups is 2. The van der Waals surface area contributed by atoms with Crippen LogP contribution >= 0.6 is 0 Å². The zero-order chi connectivity index (χ0) is 29.0. The van der Waals surface area contributed by atoms with E-state index in [1.54, 1.807) is 11.1 Å². The number of nitrogens with zero attached hydrogens (tertiary/aromatic N) is 4. The van der Waals surface area contributed by atoms with Crippen molar-refractivity contribution in [2.24, 2.45) is 0 Å². The molecule has 2 saturated heterocycles. The molecule has 0 spiro atoms. The molecule has 8 nitrogen and oxygen atoms in total. The van der Waals surface area contributed by atoms with E-state index in [0.29, 0.717) is 18.7 Å². The number of hydrogen-bond donors (Lipinski definition) is 1. The summed E-state index contributed by atoms with van der Waals surface area (Å²) in [5.41, 5.74) is 4.46. The molecule has 0 aliphatic carbocycles. The first-order valence-electron chi connectivity index (χ1n) is 14.9. The summed E-state index contributed by atoms with van der Waals surface area (Å²) < 4.78 is 7.52. The monoisotopic (exact) mass is 557 g/mol. The second-order valence-corrected chi connectivity index (χ2v) is 12.4. The van der Waals surface area contributed by atoms with Crippen LogP contribution in [0.15, 0.2) is 60.8 Å². The fraction of sp³-hybridized carbons (Fsp3) is 0.485. The van der Waals surface area contributed by atoms with Gasteiger partial charge in [0.2, 0.25) is 0 Å². The number of aromatic nitrogens is 2. The van der Waals surface area contributed by atoms with Crippen molar-refractivity contribution >= 4 is 12.0 Å². The summed E-state index contributed by atoms with van der Waals surface area (Å²) in [6, 6.07) is 18.9. The molecule has 0 radical (unpaired) electrons. The van der Waals surface area contributed by atoms with Crippen molar-refractivity contribution in [2.75, 3.05) is 26.2 Å². The van der Waals surface area contributed by atoms with Gasteiger partial charge in [0.05, 0.1) is 23.1 Å². The van der Waals surface area contributed by atoms with Crippen molar-refractivity contribution in [3.63, 3.8) is 0 Å². The number of piperidine rings is 2. The largest absolute Gasteiger partial charge is 0.444 e. The zero-order valence-corrected chi connectivity index (χ0v) is 24.8. The van der Waals surface area contributed by atoms with Crippen LogP contribution in [0, 0.1) is 6.92 Å². The summed E-state index contributed by atoms with van der Waals surface area (Å²) in [7, 11) is 0. The lowest BCUT2D eigenvalue weighted by Gasteiger charge is -2.34. The Kier molecular flexibility index (Phi) is 8.78. The average Bonchev–Trinajstić information content (AvgIpc) is 3.40. The highest BCUT2D eigenvalue weighted by Gasteiger charge is 2.33. The molecule has 2 amide bonds. The van der Waals surface area contributed by atoms with Crippen LogP contribution in [0.5, 0.6) is 0 Å². The maximum absolute atomic E-state index is 13.7. The lowest BCUT2D eigenvalue weighted by Crippen LogP contribution is -2.44. The summed E-state index contributed by atoms with van der Waals surface area (Å²) in [6.07, 6.45) is 4.78. The molecule has 0 unspecified atom stereocenters. The Balaban J connectivity index is 1.28. The quantitative estimate of drug-likeness (QED) is 0.421. The Hall–Kier alpha value is -3.65. The van der Waals surface area contributed by atoms with Gasteiger partial charge in [-0.15, -0.1) is 0 Å². The van der Waals surface area contributed by atoms with Crippen LogP contribution in [0.1, 0.15) is 79.6 Å². The highest BCUT2D eigenvalue weighted by atomic mass is 16.6. The Bertz CT molecular complexity index is 1310. The molecule has 1 aromatic heterocycles. The van der Waals surface area contributed by atoms with Gasteiger partial charge in [-0.2, -0.15) is 5.10 Å². The van der Waals surface area contributed by atoms with Crippen molar-refractivity contribution in [3.8, 4) is 5.69 Å². The lowest BCUT2D eigenvalue weighted by molar-refractivity contribution is 0.0203. The normalized spacial score (nSPS) is 17.4. The Morgan fingerprint density at radius 2 is 1.59 bits per heavy atom. The van der Waals surface area contributed by atoms with E-state index >= 15 is 0 Å². The highest BCUT2D eigenvalue weighted by Crippen LogP contribution is 2.33. The first-order chi connectivity index (χ1) is 19.7. The zero-order valence-electron chi connectivity index (χ0n) is 24.8. The van der Waals surface area contributed by atoms with Gasteiger partial charge in [-0.1, -0.05) is 48.0 Å². The number of ether oxygens (including phenoxy) is 1. The highest BCUT2D eigenvalue weighted by molar-refractivity contribution is 5.95. The maximum Gasteiger partial charge on any atom is 0.410 e. The molecule has 1 N–H and O–H groups in total. The summed E-state index contributed by atoms with van der Waals surface area (Å²) in [5, 5.41) is 8.03. The predicted molar refractivity (Wildman–Crippen MR) is 160 cm³/mol. The number of rotatable bonds is 6. The minimum absolute atomic E-state index is 0.0607. The molecule has 218 valence electrons. The molecule has 41 heavy (non-hydrogen) atoms. The van der Waals surface area contributed by atoms with E-state index in [1.165, 1.54) is 11.1 Å². The van der Waals surface area contributed by atoms with Gasteiger partial charge in [-0.3, -0.25) is 9.69 Å². The van der Waals surface area contributed by atoms with Gasteiger partial charge in [-0.05, 0) is 71.1 Å². The standard InChI is InChI=1S/C33H43N5O3/c1-24-10-12-28(13-11-24)38-30(26-14-20-37(21-15-26)32(40)41-33(2,3)4)29(22-34-38)31(39)35-27-16-18-36(19-17-27)23-25-8-6-5-7-9-25/h5-13,22,26-27H,14-21,23H2,1-4H3,(H,35,39). The third-order valence-corrected chi connectivity index (χ3v) is 8.03. The van der Waals surface area contributed by atoms with E-state index in [0.717, 1.165) is 56.7 Å². The molecule has 2 aliphatic heterocycles. The van der Waals surface area contributed by atoms with E-state index in [4.69, 9.17) is 9.84 Å². The summed E-state index contributed by atoms with van der Waals surface area (Å²) in [6.45, 7) is 11.7. The van der Waals surface area contributed by atoms with Crippen LogP contribution < -0.4 is 5.32 Å². The smallest absolute Gasteiger partial charge is 0.410 e. The van der Waals surface area contributed by atoms with Crippen molar-refractivity contribution in [3.05, 3.63) is 83.2 Å². The number of carbonyl (C=O) groups excluding carboxylic acids is 2. The second-order valence-electron chi connectivity index (χ2n) is 12.4. The number of nitrogens with one attached hydrogen (secondary N) is 1. The van der Waals surface area contributed by atoms with E-state index in [9.17, 15) is 9.59 Å². The fourth-order valence-corrected chi connectivity index (χ4v) is 5.82. The molecule has 0 saturated carbocycles. The lowest BCUT2D eigenvalue weighted by atomic mass is 9.90. The Labute approximate surface area is 243 Å².